The third-order valence-electron chi connectivity index (χ3n) is 2.20. The zero-order valence-corrected chi connectivity index (χ0v) is 11.0. The molecule has 0 radical (unpaired) electrons. The number of carbonyl (C=O) groups excluding carboxylic acids is 2. The van der Waals surface area contributed by atoms with Crippen molar-refractivity contribution in [3.63, 3.8) is 0 Å². The van der Waals surface area contributed by atoms with Gasteiger partial charge in [-0.25, -0.2) is 0 Å². The third kappa shape index (κ3) is 9.69. The predicted molar refractivity (Wildman–Crippen MR) is 66.2 cm³/mol. The van der Waals surface area contributed by atoms with Gasteiger partial charge in [0.05, 0.1) is 0 Å². The molecule has 0 aromatic carbocycles. The Morgan fingerprint density at radius 3 is 2.12 bits per heavy atom. The van der Waals surface area contributed by atoms with E-state index in [-0.39, 0.29) is 11.7 Å². The van der Waals surface area contributed by atoms with Crippen LogP contribution in [0.25, 0.3) is 0 Å². The van der Waals surface area contributed by atoms with Crippen molar-refractivity contribution in [3.05, 3.63) is 0 Å². The van der Waals surface area contributed by atoms with Crippen LogP contribution >= 0.6 is 0 Å². The third-order valence-corrected chi connectivity index (χ3v) is 2.20. The van der Waals surface area contributed by atoms with Gasteiger partial charge in [-0.3, -0.25) is 9.59 Å². The van der Waals surface area contributed by atoms with Gasteiger partial charge < -0.3 is 5.32 Å². The largest absolute Gasteiger partial charge is 0.356 e. The van der Waals surface area contributed by atoms with Crippen LogP contribution in [0, 0.1) is 11.8 Å². The minimum atomic E-state index is 0.0612. The van der Waals surface area contributed by atoms with Crippen LogP contribution in [0.5, 0.6) is 0 Å². The summed E-state index contributed by atoms with van der Waals surface area (Å²) in [4.78, 5) is 22.7. The summed E-state index contributed by atoms with van der Waals surface area (Å²) in [5, 5.41) is 2.85. The Hall–Kier alpha value is -0.860. The highest BCUT2D eigenvalue weighted by atomic mass is 16.1. The van der Waals surface area contributed by atoms with Gasteiger partial charge in [0.25, 0.3) is 0 Å². The van der Waals surface area contributed by atoms with E-state index >= 15 is 0 Å². The molecule has 1 amide bonds. The van der Waals surface area contributed by atoms with E-state index in [1.165, 1.54) is 0 Å². The second-order valence-corrected chi connectivity index (χ2v) is 5.19. The van der Waals surface area contributed by atoms with Gasteiger partial charge in [0.15, 0.2) is 0 Å². The van der Waals surface area contributed by atoms with Gasteiger partial charge in [0, 0.05) is 25.8 Å². The van der Waals surface area contributed by atoms with Crippen molar-refractivity contribution in [1.29, 1.82) is 0 Å². The SMILES string of the molecule is CC(C)CNC(=O)CCCC(=O)CC(C)C. The van der Waals surface area contributed by atoms with Crippen LogP contribution in [0.2, 0.25) is 0 Å². The van der Waals surface area contributed by atoms with Crippen molar-refractivity contribution < 1.29 is 9.59 Å². The van der Waals surface area contributed by atoms with Gasteiger partial charge in [0.1, 0.15) is 5.78 Å². The molecule has 0 aromatic heterocycles. The van der Waals surface area contributed by atoms with Crippen molar-refractivity contribution in [2.24, 2.45) is 11.8 Å². The first-order chi connectivity index (χ1) is 7.41. The highest BCUT2D eigenvalue weighted by Crippen LogP contribution is 2.06. The molecule has 0 aliphatic carbocycles. The van der Waals surface area contributed by atoms with Crippen LogP contribution < -0.4 is 5.32 Å². The highest BCUT2D eigenvalue weighted by Gasteiger charge is 2.07. The Morgan fingerprint density at radius 2 is 1.62 bits per heavy atom. The second-order valence-electron chi connectivity index (χ2n) is 5.19. The van der Waals surface area contributed by atoms with Crippen LogP contribution in [0.1, 0.15) is 53.4 Å². The van der Waals surface area contributed by atoms with Crippen molar-refractivity contribution in [3.8, 4) is 0 Å². The minimum Gasteiger partial charge on any atom is -0.356 e. The molecular weight excluding hydrogens is 202 g/mol. The van der Waals surface area contributed by atoms with E-state index in [1.807, 2.05) is 13.8 Å². The van der Waals surface area contributed by atoms with E-state index in [0.29, 0.717) is 37.5 Å². The summed E-state index contributed by atoms with van der Waals surface area (Å²) >= 11 is 0. The summed E-state index contributed by atoms with van der Waals surface area (Å²) in [6.07, 6.45) is 2.31. The average molecular weight is 227 g/mol. The Labute approximate surface area is 99.0 Å². The Balaban J connectivity index is 3.50. The number of amides is 1. The summed E-state index contributed by atoms with van der Waals surface area (Å²) in [5.41, 5.74) is 0. The summed E-state index contributed by atoms with van der Waals surface area (Å²) in [6, 6.07) is 0. The molecule has 0 saturated carbocycles. The second kappa shape index (κ2) is 8.31. The molecule has 3 nitrogen and oxygen atoms in total. The van der Waals surface area contributed by atoms with Crippen LogP contribution in [0.4, 0.5) is 0 Å². The maximum absolute atomic E-state index is 11.4. The fourth-order valence-corrected chi connectivity index (χ4v) is 1.41. The number of rotatable bonds is 8. The molecule has 0 unspecified atom stereocenters. The van der Waals surface area contributed by atoms with Crippen molar-refractivity contribution >= 4 is 11.7 Å². The van der Waals surface area contributed by atoms with Crippen LogP contribution in [0.15, 0.2) is 0 Å². The van der Waals surface area contributed by atoms with E-state index in [0.717, 1.165) is 6.54 Å². The highest BCUT2D eigenvalue weighted by molar-refractivity contribution is 5.80. The zero-order valence-electron chi connectivity index (χ0n) is 11.0. The van der Waals surface area contributed by atoms with Crippen molar-refractivity contribution in [1.82, 2.24) is 5.32 Å². The summed E-state index contributed by atoms with van der Waals surface area (Å²) < 4.78 is 0. The quantitative estimate of drug-likeness (QED) is 0.692. The number of nitrogens with one attached hydrogen (secondary N) is 1. The molecule has 0 aliphatic heterocycles. The number of ketones is 1. The molecule has 0 fully saturated rings. The van der Waals surface area contributed by atoms with Crippen molar-refractivity contribution in [2.45, 2.75) is 53.4 Å². The molecule has 0 aliphatic rings. The summed E-state index contributed by atoms with van der Waals surface area (Å²) in [6.45, 7) is 8.91. The van der Waals surface area contributed by atoms with Gasteiger partial charge in [-0.15, -0.1) is 0 Å². The van der Waals surface area contributed by atoms with E-state index in [4.69, 9.17) is 0 Å². The minimum absolute atomic E-state index is 0.0612. The van der Waals surface area contributed by atoms with Gasteiger partial charge in [-0.05, 0) is 18.3 Å². The van der Waals surface area contributed by atoms with E-state index in [1.54, 1.807) is 0 Å². The molecule has 0 bridgehead atoms. The lowest BCUT2D eigenvalue weighted by atomic mass is 10.0. The molecule has 16 heavy (non-hydrogen) atoms. The molecular formula is C13H25NO2. The van der Waals surface area contributed by atoms with Crippen LogP contribution in [-0.4, -0.2) is 18.2 Å². The first-order valence-electron chi connectivity index (χ1n) is 6.20. The lowest BCUT2D eigenvalue weighted by Crippen LogP contribution is -2.27. The van der Waals surface area contributed by atoms with Crippen LogP contribution in [-0.2, 0) is 9.59 Å². The Kier molecular flexibility index (Phi) is 7.86. The molecule has 0 saturated heterocycles. The maximum atomic E-state index is 11.4. The fourth-order valence-electron chi connectivity index (χ4n) is 1.41. The maximum Gasteiger partial charge on any atom is 0.220 e. The molecule has 0 spiro atoms. The number of hydrogen-bond acceptors (Lipinski definition) is 2. The first kappa shape index (κ1) is 15.1. The zero-order chi connectivity index (χ0) is 12.6. The van der Waals surface area contributed by atoms with Crippen LogP contribution in [0.3, 0.4) is 0 Å². The van der Waals surface area contributed by atoms with E-state index in [9.17, 15) is 9.59 Å². The van der Waals surface area contributed by atoms with E-state index < -0.39 is 0 Å². The molecule has 1 N–H and O–H groups in total. The average Bonchev–Trinajstić information content (AvgIpc) is 2.13. The Morgan fingerprint density at radius 1 is 1.00 bits per heavy atom. The predicted octanol–water partition coefficient (Wildman–Crippen LogP) is 2.54. The van der Waals surface area contributed by atoms with Gasteiger partial charge in [-0.2, -0.15) is 0 Å². The topological polar surface area (TPSA) is 46.2 Å². The van der Waals surface area contributed by atoms with Gasteiger partial charge >= 0.3 is 0 Å². The molecule has 0 atom stereocenters. The molecule has 0 aromatic rings. The monoisotopic (exact) mass is 227 g/mol. The number of carbonyl (C=O) groups is 2. The summed E-state index contributed by atoms with van der Waals surface area (Å²) in [5.74, 6) is 1.23. The fraction of sp³-hybridized carbons (Fsp3) is 0.846. The van der Waals surface area contributed by atoms with Gasteiger partial charge in [0.2, 0.25) is 5.91 Å². The lowest BCUT2D eigenvalue weighted by Gasteiger charge is -2.07. The van der Waals surface area contributed by atoms with Gasteiger partial charge in [-0.1, -0.05) is 27.7 Å². The Bertz CT molecular complexity index is 222. The number of hydrogen-bond donors (Lipinski definition) is 1. The molecule has 94 valence electrons. The van der Waals surface area contributed by atoms with Crippen molar-refractivity contribution in [2.75, 3.05) is 6.54 Å². The molecule has 0 rings (SSSR count). The normalized spacial score (nSPS) is 10.9. The smallest absolute Gasteiger partial charge is 0.220 e. The standard InChI is InChI=1S/C13H25NO2/c1-10(2)8-12(15)6-5-7-13(16)14-9-11(3)4/h10-11H,5-9H2,1-4H3,(H,14,16). The first-order valence-corrected chi connectivity index (χ1v) is 6.20. The molecule has 3 heteroatoms. The summed E-state index contributed by atoms with van der Waals surface area (Å²) in [7, 11) is 0. The lowest BCUT2D eigenvalue weighted by molar-refractivity contribution is -0.122. The molecule has 0 heterocycles. The number of Topliss-reactive ketones (excluding diaryl/α,β-unsaturated/α-hetero) is 1. The van der Waals surface area contributed by atoms with E-state index in [2.05, 4.69) is 19.2 Å².